The van der Waals surface area contributed by atoms with E-state index in [1.54, 1.807) is 13.3 Å². The van der Waals surface area contributed by atoms with Crippen molar-refractivity contribution < 1.29 is 14.2 Å². The highest BCUT2D eigenvalue weighted by Gasteiger charge is 2.10. The summed E-state index contributed by atoms with van der Waals surface area (Å²) in [6.45, 7) is 2.61. The molecule has 0 bridgehead atoms. The molecule has 5 aromatic rings. The van der Waals surface area contributed by atoms with Crippen LogP contribution in [-0.2, 0) is 25.9 Å². The second kappa shape index (κ2) is 11.6. The van der Waals surface area contributed by atoms with Crippen molar-refractivity contribution in [3.63, 3.8) is 0 Å². The topological polar surface area (TPSA) is 40.6 Å². The first-order valence-corrected chi connectivity index (χ1v) is 12.7. The molecule has 0 radical (unpaired) electrons. The smallest absolute Gasteiger partial charge is 0.138 e. The summed E-state index contributed by atoms with van der Waals surface area (Å²) in [4.78, 5) is 4.49. The van der Waals surface area contributed by atoms with Crippen molar-refractivity contribution in [2.75, 3.05) is 7.11 Å². The van der Waals surface area contributed by atoms with E-state index >= 15 is 0 Å². The number of aromatic nitrogens is 1. The number of rotatable bonds is 10. The zero-order valence-corrected chi connectivity index (χ0v) is 21.3. The van der Waals surface area contributed by atoms with E-state index < -0.39 is 0 Å². The maximum Gasteiger partial charge on any atom is 0.138 e. The fourth-order valence-electron chi connectivity index (χ4n) is 4.42. The lowest BCUT2D eigenvalue weighted by Gasteiger charge is -2.13. The quantitative estimate of drug-likeness (QED) is 0.199. The third-order valence-corrected chi connectivity index (χ3v) is 6.48. The van der Waals surface area contributed by atoms with E-state index in [1.807, 2.05) is 42.5 Å². The first-order valence-electron chi connectivity index (χ1n) is 12.7. The fraction of sp³-hybridized carbons (Fsp3) is 0.182. The molecule has 0 saturated carbocycles. The van der Waals surface area contributed by atoms with Gasteiger partial charge in [-0.2, -0.15) is 0 Å². The van der Waals surface area contributed by atoms with E-state index in [0.717, 1.165) is 64.3 Å². The molecule has 0 saturated heterocycles. The SMILES string of the molecule is CCc1cc2c(Oc3ccc(COc4cccc(CCc5ccccc5)c4)cc3)ccnc2cc1OC. The molecule has 0 aliphatic carbocycles. The molecular formula is C33H31NO3. The van der Waals surface area contributed by atoms with Gasteiger partial charge in [0.15, 0.2) is 0 Å². The van der Waals surface area contributed by atoms with Crippen molar-refractivity contribution in [3.8, 4) is 23.0 Å². The maximum atomic E-state index is 6.24. The Balaban J connectivity index is 1.22. The van der Waals surface area contributed by atoms with Gasteiger partial charge in [-0.1, -0.05) is 61.5 Å². The van der Waals surface area contributed by atoms with Crippen LogP contribution in [-0.4, -0.2) is 12.1 Å². The van der Waals surface area contributed by atoms with Gasteiger partial charge < -0.3 is 14.2 Å². The highest BCUT2D eigenvalue weighted by Crippen LogP contribution is 2.33. The molecule has 186 valence electrons. The molecule has 0 spiro atoms. The second-order valence-electron chi connectivity index (χ2n) is 9.01. The van der Waals surface area contributed by atoms with Gasteiger partial charge in [0.05, 0.1) is 12.6 Å². The molecule has 5 rings (SSSR count). The predicted molar refractivity (Wildman–Crippen MR) is 149 cm³/mol. The molecule has 0 N–H and O–H groups in total. The molecule has 1 heterocycles. The van der Waals surface area contributed by atoms with Crippen LogP contribution in [0, 0.1) is 0 Å². The molecule has 37 heavy (non-hydrogen) atoms. The first kappa shape index (κ1) is 24.4. The minimum Gasteiger partial charge on any atom is -0.496 e. The van der Waals surface area contributed by atoms with E-state index in [0.29, 0.717) is 6.61 Å². The Morgan fingerprint density at radius 2 is 1.46 bits per heavy atom. The van der Waals surface area contributed by atoms with E-state index in [9.17, 15) is 0 Å². The molecule has 0 fully saturated rings. The summed E-state index contributed by atoms with van der Waals surface area (Å²) in [5.74, 6) is 3.29. The Labute approximate surface area is 218 Å². The van der Waals surface area contributed by atoms with Gasteiger partial charge in [0, 0.05) is 17.6 Å². The number of benzene rings is 4. The van der Waals surface area contributed by atoms with Crippen LogP contribution in [0.2, 0.25) is 0 Å². The van der Waals surface area contributed by atoms with Crippen LogP contribution in [0.25, 0.3) is 10.9 Å². The lowest BCUT2D eigenvalue weighted by Crippen LogP contribution is -1.97. The Morgan fingerprint density at radius 3 is 2.24 bits per heavy atom. The molecule has 4 aromatic carbocycles. The number of fused-ring (bicyclic) bond motifs is 1. The molecule has 4 heteroatoms. The van der Waals surface area contributed by atoms with Crippen LogP contribution in [0.15, 0.2) is 103 Å². The monoisotopic (exact) mass is 489 g/mol. The Hall–Kier alpha value is -4.31. The van der Waals surface area contributed by atoms with Crippen LogP contribution in [0.3, 0.4) is 0 Å². The molecule has 0 amide bonds. The molecular weight excluding hydrogens is 458 g/mol. The number of hydrogen-bond donors (Lipinski definition) is 0. The zero-order chi connectivity index (χ0) is 25.5. The molecule has 0 aliphatic rings. The third kappa shape index (κ3) is 6.10. The lowest BCUT2D eigenvalue weighted by atomic mass is 10.0. The summed E-state index contributed by atoms with van der Waals surface area (Å²) in [5, 5.41) is 0.972. The summed E-state index contributed by atoms with van der Waals surface area (Å²) in [5.41, 5.74) is 5.69. The molecule has 0 aliphatic heterocycles. The van der Waals surface area contributed by atoms with Gasteiger partial charge in [0.2, 0.25) is 0 Å². The number of hydrogen-bond acceptors (Lipinski definition) is 4. The number of methoxy groups -OCH3 is 1. The highest BCUT2D eigenvalue weighted by atomic mass is 16.5. The summed E-state index contributed by atoms with van der Waals surface area (Å²) >= 11 is 0. The van der Waals surface area contributed by atoms with Crippen LogP contribution in [0.4, 0.5) is 0 Å². The summed E-state index contributed by atoms with van der Waals surface area (Å²) in [6, 6.07) is 32.9. The number of nitrogens with zero attached hydrogens (tertiary/aromatic N) is 1. The van der Waals surface area contributed by atoms with Crippen molar-refractivity contribution in [2.24, 2.45) is 0 Å². The maximum absolute atomic E-state index is 6.24. The molecule has 0 atom stereocenters. The van der Waals surface area contributed by atoms with Crippen molar-refractivity contribution in [2.45, 2.75) is 32.8 Å². The summed E-state index contributed by atoms with van der Waals surface area (Å²) < 4.78 is 17.8. The van der Waals surface area contributed by atoms with Gasteiger partial charge in [-0.15, -0.1) is 0 Å². The Morgan fingerprint density at radius 1 is 0.676 bits per heavy atom. The zero-order valence-electron chi connectivity index (χ0n) is 21.3. The van der Waals surface area contributed by atoms with Crippen molar-refractivity contribution in [1.29, 1.82) is 0 Å². The van der Waals surface area contributed by atoms with Crippen molar-refractivity contribution in [3.05, 3.63) is 126 Å². The molecule has 4 nitrogen and oxygen atoms in total. The minimum absolute atomic E-state index is 0.500. The third-order valence-electron chi connectivity index (χ3n) is 6.48. The van der Waals surface area contributed by atoms with E-state index in [4.69, 9.17) is 14.2 Å². The van der Waals surface area contributed by atoms with Gasteiger partial charge >= 0.3 is 0 Å². The average molecular weight is 490 g/mol. The van der Waals surface area contributed by atoms with Crippen LogP contribution < -0.4 is 14.2 Å². The highest BCUT2D eigenvalue weighted by molar-refractivity contribution is 5.87. The summed E-state index contributed by atoms with van der Waals surface area (Å²) in [7, 11) is 1.69. The standard InChI is InChI=1S/C33H31NO3/c1-3-27-21-30-31(22-33(27)35-2)34-19-18-32(30)37-28-16-14-26(15-17-28)23-36-29-11-7-10-25(20-29)13-12-24-8-5-4-6-9-24/h4-11,14-22H,3,12-13,23H2,1-2H3. The second-order valence-corrected chi connectivity index (χ2v) is 9.01. The molecule has 1 aromatic heterocycles. The summed E-state index contributed by atoms with van der Waals surface area (Å²) in [6.07, 6.45) is 4.65. The van der Waals surface area contributed by atoms with Crippen LogP contribution >= 0.6 is 0 Å². The van der Waals surface area contributed by atoms with Crippen molar-refractivity contribution >= 4 is 10.9 Å². The van der Waals surface area contributed by atoms with Gasteiger partial charge in [-0.05, 0) is 77.9 Å². The minimum atomic E-state index is 0.500. The average Bonchev–Trinajstić information content (AvgIpc) is 2.96. The number of pyridine rings is 1. The van der Waals surface area contributed by atoms with Crippen LogP contribution in [0.5, 0.6) is 23.0 Å². The van der Waals surface area contributed by atoms with Crippen LogP contribution in [0.1, 0.15) is 29.2 Å². The normalized spacial score (nSPS) is 10.9. The largest absolute Gasteiger partial charge is 0.496 e. The number of ether oxygens (including phenoxy) is 3. The fourth-order valence-corrected chi connectivity index (χ4v) is 4.42. The predicted octanol–water partition coefficient (Wildman–Crippen LogP) is 7.96. The Kier molecular flexibility index (Phi) is 7.66. The van der Waals surface area contributed by atoms with Gasteiger partial charge in [0.1, 0.15) is 29.6 Å². The molecule has 0 unspecified atom stereocenters. The van der Waals surface area contributed by atoms with E-state index in [2.05, 4.69) is 66.5 Å². The van der Waals surface area contributed by atoms with E-state index in [-0.39, 0.29) is 0 Å². The Bertz CT molecular complexity index is 1460. The lowest BCUT2D eigenvalue weighted by molar-refractivity contribution is 0.306. The van der Waals surface area contributed by atoms with Gasteiger partial charge in [-0.3, -0.25) is 4.98 Å². The number of aryl methyl sites for hydroxylation is 3. The van der Waals surface area contributed by atoms with Gasteiger partial charge in [0.25, 0.3) is 0 Å². The van der Waals surface area contributed by atoms with Crippen molar-refractivity contribution in [1.82, 2.24) is 4.98 Å². The van der Waals surface area contributed by atoms with E-state index in [1.165, 1.54) is 11.1 Å². The first-order chi connectivity index (χ1) is 18.2. The van der Waals surface area contributed by atoms with Gasteiger partial charge in [-0.25, -0.2) is 0 Å².